The number of thiophene rings is 1. The molecule has 1 heterocycles. The van der Waals surface area contributed by atoms with Crippen molar-refractivity contribution in [2.24, 2.45) is 0 Å². The summed E-state index contributed by atoms with van der Waals surface area (Å²) in [5, 5.41) is 11.9. The Labute approximate surface area is 113 Å². The average Bonchev–Trinajstić information content (AvgIpc) is 2.87. The van der Waals surface area contributed by atoms with Crippen molar-refractivity contribution in [1.29, 1.82) is 0 Å². The van der Waals surface area contributed by atoms with Crippen molar-refractivity contribution in [3.05, 3.63) is 46.8 Å². The smallest absolute Gasteiger partial charge is 0.345 e. The summed E-state index contributed by atoms with van der Waals surface area (Å²) in [6, 6.07) is 9.67. The van der Waals surface area contributed by atoms with E-state index in [0.29, 0.717) is 16.3 Å². The van der Waals surface area contributed by atoms with E-state index in [2.05, 4.69) is 5.32 Å². The lowest BCUT2D eigenvalue weighted by Gasteiger charge is -2.03. The van der Waals surface area contributed by atoms with Crippen molar-refractivity contribution in [3.8, 4) is 5.75 Å². The number of ether oxygens (including phenoxy) is 1. The number of carboxylic acids is 1. The number of hydrogen-bond acceptors (Lipinski definition) is 4. The second-order valence-electron chi connectivity index (χ2n) is 3.65. The highest BCUT2D eigenvalue weighted by atomic mass is 32.1. The van der Waals surface area contributed by atoms with Crippen molar-refractivity contribution in [1.82, 2.24) is 0 Å². The minimum absolute atomic E-state index is 0.185. The third-order valence-corrected chi connectivity index (χ3v) is 3.39. The summed E-state index contributed by atoms with van der Waals surface area (Å²) in [4.78, 5) is 22.8. The predicted octanol–water partition coefficient (Wildman–Crippen LogP) is 2.71. The predicted molar refractivity (Wildman–Crippen MR) is 72.2 cm³/mol. The lowest BCUT2D eigenvalue weighted by molar-refractivity contribution is 0.0702. The molecule has 2 aromatic rings. The molecule has 2 N–H and O–H groups in total. The lowest BCUT2D eigenvalue weighted by atomic mass is 10.2. The summed E-state index contributed by atoms with van der Waals surface area (Å²) in [6.45, 7) is 0. The van der Waals surface area contributed by atoms with Crippen LogP contribution in [0.5, 0.6) is 5.75 Å². The van der Waals surface area contributed by atoms with E-state index in [4.69, 9.17) is 9.84 Å². The van der Waals surface area contributed by atoms with Crippen LogP contribution in [0.1, 0.15) is 20.0 Å². The molecule has 0 aliphatic carbocycles. The molecule has 1 aromatic carbocycles. The zero-order valence-electron chi connectivity index (χ0n) is 10.0. The van der Waals surface area contributed by atoms with Crippen LogP contribution < -0.4 is 10.1 Å². The molecule has 1 amide bonds. The third-order valence-electron chi connectivity index (χ3n) is 2.41. The van der Waals surface area contributed by atoms with Crippen LogP contribution in [0.15, 0.2) is 36.4 Å². The number of amides is 1. The van der Waals surface area contributed by atoms with Crippen LogP contribution in [0.3, 0.4) is 0 Å². The molecule has 5 nitrogen and oxygen atoms in total. The van der Waals surface area contributed by atoms with Gasteiger partial charge in [-0.3, -0.25) is 4.79 Å². The molecule has 0 saturated carbocycles. The first-order chi connectivity index (χ1) is 9.10. The number of nitrogens with one attached hydrogen (secondary N) is 1. The molecule has 0 saturated heterocycles. The van der Waals surface area contributed by atoms with Crippen LogP contribution in [0.25, 0.3) is 0 Å². The second kappa shape index (κ2) is 5.53. The van der Waals surface area contributed by atoms with E-state index in [1.54, 1.807) is 37.4 Å². The van der Waals surface area contributed by atoms with Gasteiger partial charge in [0, 0.05) is 5.56 Å². The lowest BCUT2D eigenvalue weighted by Crippen LogP contribution is -2.10. The number of carbonyl (C=O) groups excluding carboxylic acids is 1. The van der Waals surface area contributed by atoms with Gasteiger partial charge in [-0.1, -0.05) is 0 Å². The Hall–Kier alpha value is -2.34. The fraction of sp³-hybridized carbons (Fsp3) is 0.0769. The van der Waals surface area contributed by atoms with E-state index in [1.807, 2.05) is 0 Å². The Bertz CT molecular complexity index is 603. The molecule has 0 aliphatic heterocycles. The summed E-state index contributed by atoms with van der Waals surface area (Å²) < 4.78 is 5.00. The van der Waals surface area contributed by atoms with Crippen LogP contribution in [0.2, 0.25) is 0 Å². The van der Waals surface area contributed by atoms with E-state index in [1.165, 1.54) is 6.07 Å². The topological polar surface area (TPSA) is 75.6 Å². The molecule has 98 valence electrons. The summed E-state index contributed by atoms with van der Waals surface area (Å²) in [6.07, 6.45) is 0. The molecule has 0 unspecified atom stereocenters. The zero-order valence-corrected chi connectivity index (χ0v) is 10.9. The van der Waals surface area contributed by atoms with E-state index in [0.717, 1.165) is 11.3 Å². The van der Waals surface area contributed by atoms with E-state index >= 15 is 0 Å². The van der Waals surface area contributed by atoms with E-state index in [9.17, 15) is 9.59 Å². The number of aromatic carboxylic acids is 1. The quantitative estimate of drug-likeness (QED) is 0.901. The molecular weight excluding hydrogens is 266 g/mol. The maximum absolute atomic E-state index is 11.9. The number of benzene rings is 1. The molecule has 0 bridgehead atoms. The standard InChI is InChI=1S/C13H11NO4S/c1-18-9-4-2-8(3-5-9)12(15)14-11-7-6-10(19-11)13(16)17/h2-7H,1H3,(H,14,15)(H,16,17). The van der Waals surface area contributed by atoms with Crippen LogP contribution >= 0.6 is 11.3 Å². The number of methoxy groups -OCH3 is 1. The fourth-order valence-electron chi connectivity index (χ4n) is 1.45. The van der Waals surface area contributed by atoms with Crippen LogP contribution in [0.4, 0.5) is 5.00 Å². The largest absolute Gasteiger partial charge is 0.497 e. The molecule has 0 radical (unpaired) electrons. The van der Waals surface area contributed by atoms with Gasteiger partial charge in [0.1, 0.15) is 10.6 Å². The van der Waals surface area contributed by atoms with Crippen molar-refractivity contribution >= 4 is 28.2 Å². The zero-order chi connectivity index (χ0) is 13.8. The molecule has 19 heavy (non-hydrogen) atoms. The Morgan fingerprint density at radius 1 is 1.16 bits per heavy atom. The van der Waals surface area contributed by atoms with Gasteiger partial charge >= 0.3 is 5.97 Å². The molecule has 0 fully saturated rings. The molecule has 0 atom stereocenters. The maximum Gasteiger partial charge on any atom is 0.345 e. The minimum Gasteiger partial charge on any atom is -0.497 e. The van der Waals surface area contributed by atoms with Crippen LogP contribution in [-0.4, -0.2) is 24.1 Å². The molecule has 1 aromatic heterocycles. The SMILES string of the molecule is COc1ccc(C(=O)Nc2ccc(C(=O)O)s2)cc1. The minimum atomic E-state index is -1.00. The summed E-state index contributed by atoms with van der Waals surface area (Å²) in [5.74, 6) is -0.628. The van der Waals surface area contributed by atoms with Crippen molar-refractivity contribution in [2.45, 2.75) is 0 Å². The molecule has 6 heteroatoms. The third kappa shape index (κ3) is 3.11. The summed E-state index contributed by atoms with van der Waals surface area (Å²) in [5.41, 5.74) is 0.478. The first-order valence-corrected chi connectivity index (χ1v) is 6.20. The molecule has 0 spiro atoms. The van der Waals surface area contributed by atoms with Gasteiger partial charge in [0.2, 0.25) is 0 Å². The van der Waals surface area contributed by atoms with Crippen molar-refractivity contribution < 1.29 is 19.4 Å². The number of carbonyl (C=O) groups is 2. The van der Waals surface area contributed by atoms with Gasteiger partial charge in [0.25, 0.3) is 5.91 Å². The fourth-order valence-corrected chi connectivity index (χ4v) is 2.19. The first kappa shape index (κ1) is 13.1. The van der Waals surface area contributed by atoms with E-state index < -0.39 is 5.97 Å². The molecule has 2 rings (SSSR count). The number of hydrogen-bond donors (Lipinski definition) is 2. The summed E-state index contributed by atoms with van der Waals surface area (Å²) >= 11 is 1.02. The van der Waals surface area contributed by atoms with Crippen LogP contribution in [-0.2, 0) is 0 Å². The second-order valence-corrected chi connectivity index (χ2v) is 4.74. The van der Waals surface area contributed by atoms with Gasteiger partial charge < -0.3 is 15.2 Å². The summed E-state index contributed by atoms with van der Waals surface area (Å²) in [7, 11) is 1.55. The molecule has 0 aliphatic rings. The Kier molecular flexibility index (Phi) is 3.82. The highest BCUT2D eigenvalue weighted by Crippen LogP contribution is 2.22. The normalized spacial score (nSPS) is 9.95. The van der Waals surface area contributed by atoms with Gasteiger partial charge in [-0.2, -0.15) is 0 Å². The van der Waals surface area contributed by atoms with Gasteiger partial charge in [-0.05, 0) is 36.4 Å². The number of anilines is 1. The Balaban J connectivity index is 2.08. The average molecular weight is 277 g/mol. The highest BCUT2D eigenvalue weighted by Gasteiger charge is 2.10. The van der Waals surface area contributed by atoms with Crippen LogP contribution in [0, 0.1) is 0 Å². The van der Waals surface area contributed by atoms with Gasteiger partial charge in [-0.15, -0.1) is 11.3 Å². The highest BCUT2D eigenvalue weighted by molar-refractivity contribution is 7.18. The van der Waals surface area contributed by atoms with Crippen molar-refractivity contribution in [3.63, 3.8) is 0 Å². The van der Waals surface area contributed by atoms with Gasteiger partial charge in [0.15, 0.2) is 0 Å². The van der Waals surface area contributed by atoms with E-state index in [-0.39, 0.29) is 10.8 Å². The number of rotatable bonds is 4. The maximum atomic E-state index is 11.9. The van der Waals surface area contributed by atoms with Crippen molar-refractivity contribution in [2.75, 3.05) is 12.4 Å². The first-order valence-electron chi connectivity index (χ1n) is 5.38. The Morgan fingerprint density at radius 2 is 1.84 bits per heavy atom. The van der Waals surface area contributed by atoms with Gasteiger partial charge in [-0.25, -0.2) is 4.79 Å². The van der Waals surface area contributed by atoms with Gasteiger partial charge in [0.05, 0.1) is 12.1 Å². The monoisotopic (exact) mass is 277 g/mol. The Morgan fingerprint density at radius 3 is 2.37 bits per heavy atom. The molecular formula is C13H11NO4S. The number of carboxylic acid groups (broad SMARTS) is 1.